The summed E-state index contributed by atoms with van der Waals surface area (Å²) >= 11 is 0. The second-order valence-electron chi connectivity index (χ2n) is 4.03. The minimum Gasteiger partial charge on any atom is -0.379 e. The number of ether oxygens (including phenoxy) is 1. The molecule has 1 unspecified atom stereocenters. The highest BCUT2D eigenvalue weighted by atomic mass is 16.6. The number of nitro groups is 1. The Labute approximate surface area is 105 Å². The molecule has 0 radical (unpaired) electrons. The first-order chi connectivity index (χ1) is 8.72. The van der Waals surface area contributed by atoms with Crippen molar-refractivity contribution in [1.82, 2.24) is 4.90 Å². The van der Waals surface area contributed by atoms with Crippen molar-refractivity contribution in [2.45, 2.75) is 6.04 Å². The van der Waals surface area contributed by atoms with E-state index in [1.807, 2.05) is 4.90 Å². The van der Waals surface area contributed by atoms with Crippen LogP contribution >= 0.6 is 0 Å². The van der Waals surface area contributed by atoms with Crippen molar-refractivity contribution in [3.63, 3.8) is 0 Å². The Morgan fingerprint density at radius 1 is 1.33 bits per heavy atom. The molecule has 6 nitrogen and oxygen atoms in total. The number of morpholine rings is 1. The Kier molecular flexibility index (Phi) is 3.87. The summed E-state index contributed by atoms with van der Waals surface area (Å²) in [4.78, 5) is 12.1. The van der Waals surface area contributed by atoms with Gasteiger partial charge in [0, 0.05) is 25.2 Å². The summed E-state index contributed by atoms with van der Waals surface area (Å²) in [5.74, 6) is 0. The van der Waals surface area contributed by atoms with Crippen LogP contribution < -0.4 is 0 Å². The summed E-state index contributed by atoms with van der Waals surface area (Å²) < 4.78 is 5.24. The van der Waals surface area contributed by atoms with E-state index >= 15 is 0 Å². The first-order valence-electron chi connectivity index (χ1n) is 5.68. The quantitative estimate of drug-likeness (QED) is 0.597. The molecule has 1 aromatic carbocycles. The lowest BCUT2D eigenvalue weighted by Crippen LogP contribution is -2.38. The average molecular weight is 247 g/mol. The van der Waals surface area contributed by atoms with Crippen LogP contribution in [0.15, 0.2) is 24.3 Å². The molecule has 1 fully saturated rings. The number of benzene rings is 1. The van der Waals surface area contributed by atoms with Gasteiger partial charge in [-0.05, 0) is 17.7 Å². The summed E-state index contributed by atoms with van der Waals surface area (Å²) in [5.41, 5.74) is 0.822. The zero-order valence-corrected chi connectivity index (χ0v) is 9.78. The van der Waals surface area contributed by atoms with Crippen LogP contribution in [0.2, 0.25) is 0 Å². The maximum absolute atomic E-state index is 10.6. The fraction of sp³-hybridized carbons (Fsp3) is 0.417. The zero-order valence-electron chi connectivity index (χ0n) is 9.78. The molecule has 0 N–H and O–H groups in total. The van der Waals surface area contributed by atoms with E-state index in [0.29, 0.717) is 26.3 Å². The van der Waals surface area contributed by atoms with E-state index in [-0.39, 0.29) is 11.7 Å². The highest BCUT2D eigenvalue weighted by molar-refractivity contribution is 5.35. The highest BCUT2D eigenvalue weighted by Crippen LogP contribution is 2.23. The fourth-order valence-electron chi connectivity index (χ4n) is 1.98. The highest BCUT2D eigenvalue weighted by Gasteiger charge is 2.22. The van der Waals surface area contributed by atoms with E-state index in [0.717, 1.165) is 5.56 Å². The summed E-state index contributed by atoms with van der Waals surface area (Å²) in [6.45, 7) is 2.64. The van der Waals surface area contributed by atoms with E-state index in [9.17, 15) is 15.4 Å². The van der Waals surface area contributed by atoms with Crippen LogP contribution in [-0.4, -0.2) is 36.1 Å². The first-order valence-corrected chi connectivity index (χ1v) is 5.68. The van der Waals surface area contributed by atoms with Crippen molar-refractivity contribution < 1.29 is 9.66 Å². The molecule has 2 rings (SSSR count). The fourth-order valence-corrected chi connectivity index (χ4v) is 1.98. The molecule has 0 bridgehead atoms. The topological polar surface area (TPSA) is 79.4 Å². The second-order valence-corrected chi connectivity index (χ2v) is 4.03. The molecule has 1 aliphatic heterocycles. The van der Waals surface area contributed by atoms with Crippen molar-refractivity contribution >= 4 is 5.69 Å². The van der Waals surface area contributed by atoms with Crippen LogP contribution in [0.3, 0.4) is 0 Å². The van der Waals surface area contributed by atoms with Crippen molar-refractivity contribution in [2.24, 2.45) is 0 Å². The number of non-ortho nitro benzene ring substituents is 1. The van der Waals surface area contributed by atoms with Crippen molar-refractivity contribution in [3.05, 3.63) is 39.9 Å². The van der Waals surface area contributed by atoms with Gasteiger partial charge in [0.05, 0.1) is 24.2 Å². The molecule has 1 heterocycles. The molecule has 0 aromatic heterocycles. The molecule has 0 spiro atoms. The molecule has 18 heavy (non-hydrogen) atoms. The molecule has 1 atom stereocenters. The third kappa shape index (κ3) is 2.64. The maximum atomic E-state index is 10.6. The molecule has 94 valence electrons. The van der Waals surface area contributed by atoms with Gasteiger partial charge < -0.3 is 4.74 Å². The molecule has 0 saturated carbocycles. The van der Waals surface area contributed by atoms with Gasteiger partial charge in [-0.2, -0.15) is 5.26 Å². The number of rotatable bonds is 3. The molecule has 6 heteroatoms. The molecule has 1 saturated heterocycles. The van der Waals surface area contributed by atoms with Gasteiger partial charge in [0.2, 0.25) is 0 Å². The Balaban J connectivity index is 2.17. The van der Waals surface area contributed by atoms with Crippen LogP contribution in [-0.2, 0) is 4.74 Å². The monoisotopic (exact) mass is 247 g/mol. The van der Waals surface area contributed by atoms with Crippen LogP contribution in [0.1, 0.15) is 11.6 Å². The summed E-state index contributed by atoms with van der Waals surface area (Å²) in [6.07, 6.45) is 0. The van der Waals surface area contributed by atoms with Crippen LogP contribution in [0.4, 0.5) is 5.69 Å². The molecule has 0 amide bonds. The van der Waals surface area contributed by atoms with E-state index in [1.165, 1.54) is 12.1 Å². The van der Waals surface area contributed by atoms with Gasteiger partial charge in [0.15, 0.2) is 0 Å². The number of nitriles is 1. The summed E-state index contributed by atoms with van der Waals surface area (Å²) in [7, 11) is 0. The lowest BCUT2D eigenvalue weighted by molar-refractivity contribution is -0.384. The summed E-state index contributed by atoms with van der Waals surface area (Å²) in [6, 6.07) is 8.01. The van der Waals surface area contributed by atoms with Crippen LogP contribution in [0, 0.1) is 21.4 Å². The van der Waals surface area contributed by atoms with Gasteiger partial charge >= 0.3 is 0 Å². The van der Waals surface area contributed by atoms with E-state index in [2.05, 4.69) is 6.07 Å². The SMILES string of the molecule is N#CC(c1ccc([N+](=O)[O-])cc1)N1CCOCC1. The molecule has 1 aromatic rings. The maximum Gasteiger partial charge on any atom is 0.269 e. The zero-order chi connectivity index (χ0) is 13.0. The first kappa shape index (κ1) is 12.5. The van der Waals surface area contributed by atoms with Crippen molar-refractivity contribution in [2.75, 3.05) is 26.3 Å². The molecule has 1 aliphatic rings. The van der Waals surface area contributed by atoms with Gasteiger partial charge in [0.1, 0.15) is 6.04 Å². The number of nitro benzene ring substituents is 1. The smallest absolute Gasteiger partial charge is 0.269 e. The normalized spacial score (nSPS) is 17.9. The minimum absolute atomic E-state index is 0.0393. The van der Waals surface area contributed by atoms with Gasteiger partial charge in [-0.25, -0.2) is 0 Å². The minimum atomic E-state index is -0.445. The van der Waals surface area contributed by atoms with Gasteiger partial charge in [0.25, 0.3) is 5.69 Å². The molecule has 0 aliphatic carbocycles. The van der Waals surface area contributed by atoms with Crippen molar-refractivity contribution in [3.8, 4) is 6.07 Å². The Morgan fingerprint density at radius 2 is 1.94 bits per heavy atom. The predicted octanol–water partition coefficient (Wildman–Crippen LogP) is 1.49. The standard InChI is InChI=1S/C12H13N3O3/c13-9-12(14-5-7-18-8-6-14)10-1-3-11(4-2-10)15(16)17/h1-4,12H,5-8H2. The number of nitrogens with zero attached hydrogens (tertiary/aromatic N) is 3. The number of hydrogen-bond donors (Lipinski definition) is 0. The molecular formula is C12H13N3O3. The Morgan fingerprint density at radius 3 is 2.44 bits per heavy atom. The van der Waals surface area contributed by atoms with Gasteiger partial charge in [-0.15, -0.1) is 0 Å². The third-order valence-electron chi connectivity index (χ3n) is 2.95. The predicted molar refractivity (Wildman–Crippen MR) is 63.8 cm³/mol. The van der Waals surface area contributed by atoms with Gasteiger partial charge in [-0.1, -0.05) is 0 Å². The van der Waals surface area contributed by atoms with Crippen molar-refractivity contribution in [1.29, 1.82) is 5.26 Å². The van der Waals surface area contributed by atoms with E-state index < -0.39 is 4.92 Å². The lowest BCUT2D eigenvalue weighted by Gasteiger charge is -2.30. The average Bonchev–Trinajstić information content (AvgIpc) is 2.41. The van der Waals surface area contributed by atoms with Crippen LogP contribution in [0.25, 0.3) is 0 Å². The molecular weight excluding hydrogens is 234 g/mol. The van der Waals surface area contributed by atoms with Gasteiger partial charge in [-0.3, -0.25) is 15.0 Å². The summed E-state index contributed by atoms with van der Waals surface area (Å²) in [5, 5.41) is 19.8. The largest absolute Gasteiger partial charge is 0.379 e. The lowest BCUT2D eigenvalue weighted by atomic mass is 10.1. The van der Waals surface area contributed by atoms with E-state index in [4.69, 9.17) is 4.74 Å². The second kappa shape index (κ2) is 5.58. The number of hydrogen-bond acceptors (Lipinski definition) is 5. The Hall–Kier alpha value is -1.97. The van der Waals surface area contributed by atoms with Crippen LogP contribution in [0.5, 0.6) is 0 Å². The Bertz CT molecular complexity index is 460. The van der Waals surface area contributed by atoms with E-state index in [1.54, 1.807) is 12.1 Å². The third-order valence-corrected chi connectivity index (χ3v) is 2.95.